The molecule has 2 N–H and O–H groups in total. The molecule has 2 unspecified atom stereocenters. The summed E-state index contributed by atoms with van der Waals surface area (Å²) >= 11 is 0. The molecule has 0 radical (unpaired) electrons. The maximum Gasteiger partial charge on any atom is 0.237 e. The number of carbonyl (C=O) groups excluding carboxylic acids is 1. The van der Waals surface area contributed by atoms with Crippen LogP contribution in [0.2, 0.25) is 0 Å². The van der Waals surface area contributed by atoms with Gasteiger partial charge in [-0.05, 0) is 44.7 Å². The molecule has 4 nitrogen and oxygen atoms in total. The van der Waals surface area contributed by atoms with Gasteiger partial charge in [0.05, 0.1) is 11.6 Å². The van der Waals surface area contributed by atoms with E-state index in [4.69, 9.17) is 0 Å². The number of likely N-dealkylation sites (tertiary alicyclic amines) is 1. The minimum absolute atomic E-state index is 0.0582. The largest absolute Gasteiger partial charge is 0.388 e. The number of nitrogens with one attached hydrogen (secondary N) is 1. The van der Waals surface area contributed by atoms with Crippen LogP contribution in [0.3, 0.4) is 0 Å². The lowest BCUT2D eigenvalue weighted by Crippen LogP contribution is -2.54. The van der Waals surface area contributed by atoms with Gasteiger partial charge in [0.15, 0.2) is 0 Å². The predicted molar refractivity (Wildman–Crippen MR) is 82.5 cm³/mol. The molecule has 1 heterocycles. The van der Waals surface area contributed by atoms with Crippen LogP contribution in [0.25, 0.3) is 0 Å². The van der Waals surface area contributed by atoms with Gasteiger partial charge in [-0.15, -0.1) is 0 Å². The van der Waals surface area contributed by atoms with E-state index in [9.17, 15) is 9.90 Å². The zero-order valence-electron chi connectivity index (χ0n) is 13.8. The van der Waals surface area contributed by atoms with Gasteiger partial charge < -0.3 is 10.4 Å². The zero-order valence-corrected chi connectivity index (χ0v) is 13.8. The van der Waals surface area contributed by atoms with Crippen molar-refractivity contribution in [3.05, 3.63) is 0 Å². The first-order valence-corrected chi connectivity index (χ1v) is 8.00. The van der Waals surface area contributed by atoms with Gasteiger partial charge in [-0.25, -0.2) is 0 Å². The van der Waals surface area contributed by atoms with E-state index in [0.717, 1.165) is 13.1 Å². The average Bonchev–Trinajstić information content (AvgIpc) is 2.37. The molecule has 118 valence electrons. The first-order valence-electron chi connectivity index (χ1n) is 8.00. The number of nitrogens with zero attached hydrogens (tertiary/aromatic N) is 1. The highest BCUT2D eigenvalue weighted by atomic mass is 16.3. The second-order valence-corrected chi connectivity index (χ2v) is 7.02. The highest BCUT2D eigenvalue weighted by molar-refractivity contribution is 5.82. The summed E-state index contributed by atoms with van der Waals surface area (Å²) < 4.78 is 0. The Kier molecular flexibility index (Phi) is 6.46. The van der Waals surface area contributed by atoms with Gasteiger partial charge in [0.1, 0.15) is 0 Å². The molecular weight excluding hydrogens is 252 g/mol. The average molecular weight is 284 g/mol. The van der Waals surface area contributed by atoms with E-state index in [2.05, 4.69) is 24.1 Å². The maximum atomic E-state index is 12.5. The van der Waals surface area contributed by atoms with Gasteiger partial charge in [0.2, 0.25) is 5.91 Å². The van der Waals surface area contributed by atoms with E-state index < -0.39 is 5.60 Å². The Morgan fingerprint density at radius 2 is 1.75 bits per heavy atom. The molecule has 1 fully saturated rings. The number of rotatable bonds is 6. The molecule has 4 heteroatoms. The summed E-state index contributed by atoms with van der Waals surface area (Å²) in [4.78, 5) is 14.8. The molecule has 0 aliphatic carbocycles. The van der Waals surface area contributed by atoms with Gasteiger partial charge in [0.25, 0.3) is 0 Å². The molecular formula is C16H32N2O2. The van der Waals surface area contributed by atoms with E-state index in [1.165, 1.54) is 19.3 Å². The van der Waals surface area contributed by atoms with Crippen LogP contribution >= 0.6 is 0 Å². The van der Waals surface area contributed by atoms with Crippen LogP contribution in [-0.4, -0.2) is 47.2 Å². The SMILES string of the molecule is CC(C)C(C(=O)NCC(C)(O)C(C)C)N1CCCCC1. The molecule has 0 aromatic carbocycles. The Balaban J connectivity index is 2.60. The summed E-state index contributed by atoms with van der Waals surface area (Å²) in [6.07, 6.45) is 3.63. The van der Waals surface area contributed by atoms with Crippen molar-refractivity contribution in [2.24, 2.45) is 11.8 Å². The van der Waals surface area contributed by atoms with Crippen molar-refractivity contribution >= 4 is 5.91 Å². The summed E-state index contributed by atoms with van der Waals surface area (Å²) in [5.41, 5.74) is -0.848. The molecule has 1 saturated heterocycles. The second-order valence-electron chi connectivity index (χ2n) is 7.02. The summed E-state index contributed by atoms with van der Waals surface area (Å²) in [7, 11) is 0. The molecule has 1 amide bonds. The van der Waals surface area contributed by atoms with Crippen LogP contribution in [0.15, 0.2) is 0 Å². The first kappa shape index (κ1) is 17.4. The monoisotopic (exact) mass is 284 g/mol. The Labute approximate surface area is 123 Å². The van der Waals surface area contributed by atoms with Gasteiger partial charge in [-0.2, -0.15) is 0 Å². The van der Waals surface area contributed by atoms with E-state index >= 15 is 0 Å². The number of hydrogen-bond donors (Lipinski definition) is 2. The van der Waals surface area contributed by atoms with Crippen LogP contribution in [0.5, 0.6) is 0 Å². The van der Waals surface area contributed by atoms with Crippen molar-refractivity contribution in [2.75, 3.05) is 19.6 Å². The molecule has 0 bridgehead atoms. The maximum absolute atomic E-state index is 12.5. The fourth-order valence-corrected chi connectivity index (χ4v) is 2.66. The minimum Gasteiger partial charge on any atom is -0.388 e. The van der Waals surface area contributed by atoms with Gasteiger partial charge in [-0.3, -0.25) is 9.69 Å². The topological polar surface area (TPSA) is 52.6 Å². The minimum atomic E-state index is -0.848. The highest BCUT2D eigenvalue weighted by Gasteiger charge is 2.32. The molecule has 0 spiro atoms. The summed E-state index contributed by atoms with van der Waals surface area (Å²) in [6.45, 7) is 12.3. The highest BCUT2D eigenvalue weighted by Crippen LogP contribution is 2.19. The molecule has 0 aromatic heterocycles. The number of hydrogen-bond acceptors (Lipinski definition) is 3. The van der Waals surface area contributed by atoms with Crippen LogP contribution in [0, 0.1) is 11.8 Å². The lowest BCUT2D eigenvalue weighted by Gasteiger charge is -2.37. The quantitative estimate of drug-likeness (QED) is 0.784. The third kappa shape index (κ3) is 4.74. The van der Waals surface area contributed by atoms with Crippen molar-refractivity contribution in [3.63, 3.8) is 0 Å². The second kappa shape index (κ2) is 7.41. The molecule has 0 saturated carbocycles. The molecule has 1 aliphatic heterocycles. The molecule has 1 rings (SSSR count). The van der Waals surface area contributed by atoms with Gasteiger partial charge in [-0.1, -0.05) is 34.1 Å². The van der Waals surface area contributed by atoms with E-state index in [1.807, 2.05) is 13.8 Å². The number of aliphatic hydroxyl groups is 1. The van der Waals surface area contributed by atoms with Crippen LogP contribution < -0.4 is 5.32 Å². The Bertz CT molecular complexity index is 308. The first-order chi connectivity index (χ1) is 9.25. The van der Waals surface area contributed by atoms with Crippen molar-refractivity contribution in [1.82, 2.24) is 10.2 Å². The Hall–Kier alpha value is -0.610. The third-order valence-electron chi connectivity index (χ3n) is 4.55. The molecule has 1 aliphatic rings. The van der Waals surface area contributed by atoms with Gasteiger partial charge in [0, 0.05) is 6.54 Å². The number of carbonyl (C=O) groups is 1. The summed E-state index contributed by atoms with van der Waals surface area (Å²) in [5.74, 6) is 0.468. The lowest BCUT2D eigenvalue weighted by molar-refractivity contribution is -0.130. The van der Waals surface area contributed by atoms with E-state index in [0.29, 0.717) is 6.54 Å². The molecule has 0 aromatic rings. The predicted octanol–water partition coefficient (Wildman–Crippen LogP) is 2.02. The smallest absolute Gasteiger partial charge is 0.237 e. The van der Waals surface area contributed by atoms with E-state index in [1.54, 1.807) is 6.92 Å². The normalized spacial score (nSPS) is 21.8. The lowest BCUT2D eigenvalue weighted by atomic mass is 9.92. The third-order valence-corrected chi connectivity index (χ3v) is 4.55. The molecule has 2 atom stereocenters. The summed E-state index contributed by atoms with van der Waals surface area (Å²) in [6, 6.07) is -0.0711. The number of piperidine rings is 1. The van der Waals surface area contributed by atoms with Gasteiger partial charge >= 0.3 is 0 Å². The Morgan fingerprint density at radius 3 is 2.20 bits per heavy atom. The zero-order chi connectivity index (χ0) is 15.3. The van der Waals surface area contributed by atoms with Crippen molar-refractivity contribution in [2.45, 2.75) is 65.5 Å². The fraction of sp³-hybridized carbons (Fsp3) is 0.938. The van der Waals surface area contributed by atoms with Crippen molar-refractivity contribution in [3.8, 4) is 0 Å². The summed E-state index contributed by atoms with van der Waals surface area (Å²) in [5, 5.41) is 13.2. The standard InChI is InChI=1S/C16H32N2O2/c1-12(2)14(18-9-7-6-8-10-18)15(19)17-11-16(5,20)13(3)4/h12-14,20H,6-11H2,1-5H3,(H,17,19). The molecule has 20 heavy (non-hydrogen) atoms. The van der Waals surface area contributed by atoms with Crippen molar-refractivity contribution in [1.29, 1.82) is 0 Å². The van der Waals surface area contributed by atoms with E-state index in [-0.39, 0.29) is 23.8 Å². The number of amides is 1. The van der Waals surface area contributed by atoms with Crippen LogP contribution in [0.4, 0.5) is 0 Å². The van der Waals surface area contributed by atoms with Crippen molar-refractivity contribution < 1.29 is 9.90 Å². The van der Waals surface area contributed by atoms with Crippen LogP contribution in [0.1, 0.15) is 53.9 Å². The van der Waals surface area contributed by atoms with Crippen LogP contribution in [-0.2, 0) is 4.79 Å². The fourth-order valence-electron chi connectivity index (χ4n) is 2.66. The Morgan fingerprint density at radius 1 is 1.20 bits per heavy atom.